The Kier molecular flexibility index (Phi) is 3.16. The lowest BCUT2D eigenvalue weighted by molar-refractivity contribution is 0.911. The smallest absolute Gasteiger partial charge is 0.153 e. The molecule has 0 atom stereocenters. The molecule has 0 aromatic carbocycles. The number of hydrogen-bond acceptors (Lipinski definition) is 4. The molecular formula is C13H16N6. The highest BCUT2D eigenvalue weighted by molar-refractivity contribution is 5.45. The van der Waals surface area contributed by atoms with E-state index in [1.807, 2.05) is 30.7 Å². The van der Waals surface area contributed by atoms with Crippen molar-refractivity contribution in [2.45, 2.75) is 13.0 Å². The van der Waals surface area contributed by atoms with Crippen LogP contribution in [-0.4, -0.2) is 26.1 Å². The van der Waals surface area contributed by atoms with Crippen LogP contribution < -0.4 is 11.1 Å². The molecule has 0 saturated heterocycles. The van der Waals surface area contributed by atoms with Gasteiger partial charge in [0.05, 0.1) is 11.9 Å². The average Bonchev–Trinajstić information content (AvgIpc) is 3.06. The molecule has 0 aliphatic carbocycles. The van der Waals surface area contributed by atoms with E-state index < -0.39 is 0 Å². The summed E-state index contributed by atoms with van der Waals surface area (Å²) in [6, 6.07) is 5.94. The molecule has 0 bridgehead atoms. The molecule has 0 amide bonds. The summed E-state index contributed by atoms with van der Waals surface area (Å²) in [5.74, 6) is 0.837. The average molecular weight is 256 g/mol. The number of fused-ring (bicyclic) bond motifs is 1. The minimum absolute atomic E-state index is 0.430. The molecule has 6 nitrogen and oxygen atoms in total. The van der Waals surface area contributed by atoms with Crippen molar-refractivity contribution in [2.75, 3.05) is 11.9 Å². The fraction of sp³-hybridized carbons (Fsp3) is 0.231. The molecular weight excluding hydrogens is 240 g/mol. The molecule has 3 heterocycles. The van der Waals surface area contributed by atoms with Gasteiger partial charge in [0.15, 0.2) is 5.65 Å². The van der Waals surface area contributed by atoms with Crippen molar-refractivity contribution in [1.82, 2.24) is 19.6 Å². The first-order valence-electron chi connectivity index (χ1n) is 6.26. The van der Waals surface area contributed by atoms with E-state index in [1.165, 1.54) is 5.56 Å². The fourth-order valence-corrected chi connectivity index (χ4v) is 1.97. The third kappa shape index (κ3) is 2.58. The van der Waals surface area contributed by atoms with E-state index in [9.17, 15) is 0 Å². The molecule has 98 valence electrons. The van der Waals surface area contributed by atoms with Gasteiger partial charge < -0.3 is 16.0 Å². The SMILES string of the molecule is NCc1cn2nc(NCCc3cc[nH]c3)ccc2n1. The standard InChI is InChI=1S/C13H16N6/c14-7-11-9-19-13(17-11)2-1-12(18-19)16-6-4-10-3-5-15-8-10/h1-3,5,8-9,15H,4,6-7,14H2,(H,16,18). The highest BCUT2D eigenvalue weighted by atomic mass is 15.3. The third-order valence-electron chi connectivity index (χ3n) is 2.96. The second-order valence-electron chi connectivity index (χ2n) is 4.35. The number of imidazole rings is 1. The predicted octanol–water partition coefficient (Wildman–Crippen LogP) is 1.17. The van der Waals surface area contributed by atoms with E-state index in [4.69, 9.17) is 5.73 Å². The lowest BCUT2D eigenvalue weighted by Gasteiger charge is -2.04. The van der Waals surface area contributed by atoms with Crippen LogP contribution in [0.15, 0.2) is 36.8 Å². The molecule has 6 heteroatoms. The molecule has 0 spiro atoms. The summed E-state index contributed by atoms with van der Waals surface area (Å²) in [5.41, 5.74) is 8.50. The van der Waals surface area contributed by atoms with Crippen molar-refractivity contribution in [3.05, 3.63) is 48.0 Å². The zero-order chi connectivity index (χ0) is 13.1. The highest BCUT2D eigenvalue weighted by Crippen LogP contribution is 2.08. The molecule has 0 saturated carbocycles. The minimum Gasteiger partial charge on any atom is -0.368 e. The van der Waals surface area contributed by atoms with Crippen LogP contribution in [-0.2, 0) is 13.0 Å². The summed E-state index contributed by atoms with van der Waals surface area (Å²) >= 11 is 0. The van der Waals surface area contributed by atoms with Gasteiger partial charge in [0.2, 0.25) is 0 Å². The van der Waals surface area contributed by atoms with Crippen molar-refractivity contribution in [1.29, 1.82) is 0 Å². The van der Waals surface area contributed by atoms with Crippen LogP contribution in [0.3, 0.4) is 0 Å². The van der Waals surface area contributed by atoms with Crippen molar-refractivity contribution >= 4 is 11.5 Å². The second kappa shape index (κ2) is 5.11. The highest BCUT2D eigenvalue weighted by Gasteiger charge is 2.02. The quantitative estimate of drug-likeness (QED) is 0.640. The lowest BCUT2D eigenvalue weighted by Crippen LogP contribution is -2.07. The van der Waals surface area contributed by atoms with Crippen molar-refractivity contribution in [2.24, 2.45) is 5.73 Å². The summed E-state index contributed by atoms with van der Waals surface area (Å²) < 4.78 is 1.75. The van der Waals surface area contributed by atoms with Gasteiger partial charge in [-0.3, -0.25) is 0 Å². The molecule has 3 aromatic rings. The number of aromatic amines is 1. The Morgan fingerprint density at radius 3 is 3.05 bits per heavy atom. The van der Waals surface area contributed by atoms with Crippen LogP contribution in [0.4, 0.5) is 5.82 Å². The van der Waals surface area contributed by atoms with Gasteiger partial charge in [0.1, 0.15) is 5.82 Å². The fourth-order valence-electron chi connectivity index (χ4n) is 1.97. The first-order valence-corrected chi connectivity index (χ1v) is 6.26. The number of anilines is 1. The largest absolute Gasteiger partial charge is 0.368 e. The summed E-state index contributed by atoms with van der Waals surface area (Å²) in [5, 5.41) is 7.74. The van der Waals surface area contributed by atoms with E-state index in [2.05, 4.69) is 26.4 Å². The lowest BCUT2D eigenvalue weighted by atomic mass is 10.2. The Morgan fingerprint density at radius 1 is 1.32 bits per heavy atom. The number of rotatable bonds is 5. The molecule has 0 unspecified atom stereocenters. The Hall–Kier alpha value is -2.34. The van der Waals surface area contributed by atoms with Gasteiger partial charge >= 0.3 is 0 Å². The van der Waals surface area contributed by atoms with Crippen molar-refractivity contribution < 1.29 is 0 Å². The molecule has 3 rings (SSSR count). The molecule has 0 fully saturated rings. The third-order valence-corrected chi connectivity index (χ3v) is 2.96. The van der Waals surface area contributed by atoms with Crippen molar-refractivity contribution in [3.8, 4) is 0 Å². The number of nitrogens with two attached hydrogens (primary N) is 1. The topological polar surface area (TPSA) is 84.0 Å². The van der Waals surface area contributed by atoms with E-state index in [1.54, 1.807) is 4.52 Å². The van der Waals surface area contributed by atoms with Gasteiger partial charge in [-0.1, -0.05) is 0 Å². The van der Waals surface area contributed by atoms with Crippen LogP contribution in [0, 0.1) is 0 Å². The zero-order valence-electron chi connectivity index (χ0n) is 10.5. The van der Waals surface area contributed by atoms with Crippen LogP contribution >= 0.6 is 0 Å². The van der Waals surface area contributed by atoms with E-state index in [0.717, 1.165) is 30.1 Å². The van der Waals surface area contributed by atoms with Gasteiger partial charge in [-0.15, -0.1) is 5.10 Å². The first-order chi connectivity index (χ1) is 9.35. The first kappa shape index (κ1) is 11.7. The normalized spacial score (nSPS) is 11.0. The van der Waals surface area contributed by atoms with E-state index in [0.29, 0.717) is 6.54 Å². The van der Waals surface area contributed by atoms with Gasteiger partial charge in [0.25, 0.3) is 0 Å². The number of hydrogen-bond donors (Lipinski definition) is 3. The van der Waals surface area contributed by atoms with Gasteiger partial charge in [-0.25, -0.2) is 9.50 Å². The van der Waals surface area contributed by atoms with E-state index >= 15 is 0 Å². The van der Waals surface area contributed by atoms with Gasteiger partial charge in [-0.05, 0) is 30.2 Å². The minimum atomic E-state index is 0.430. The second-order valence-corrected chi connectivity index (χ2v) is 4.35. The summed E-state index contributed by atoms with van der Waals surface area (Å²) in [6.07, 6.45) is 6.75. The number of H-pyrrole nitrogens is 1. The maximum Gasteiger partial charge on any atom is 0.153 e. The van der Waals surface area contributed by atoms with Crippen LogP contribution in [0.1, 0.15) is 11.3 Å². The van der Waals surface area contributed by atoms with Crippen LogP contribution in [0.25, 0.3) is 5.65 Å². The van der Waals surface area contributed by atoms with Gasteiger partial charge in [0, 0.05) is 25.5 Å². The van der Waals surface area contributed by atoms with Crippen molar-refractivity contribution in [3.63, 3.8) is 0 Å². The van der Waals surface area contributed by atoms with Gasteiger partial charge in [-0.2, -0.15) is 0 Å². The molecule has 0 aliphatic rings. The van der Waals surface area contributed by atoms with Crippen LogP contribution in [0.2, 0.25) is 0 Å². The van der Waals surface area contributed by atoms with E-state index in [-0.39, 0.29) is 0 Å². The predicted molar refractivity (Wildman–Crippen MR) is 73.9 cm³/mol. The van der Waals surface area contributed by atoms with Crippen LogP contribution in [0.5, 0.6) is 0 Å². The Labute approximate surface area is 110 Å². The molecule has 19 heavy (non-hydrogen) atoms. The molecule has 4 N–H and O–H groups in total. The Balaban J connectivity index is 1.67. The Bertz CT molecular complexity index is 655. The molecule has 0 aliphatic heterocycles. The maximum absolute atomic E-state index is 5.56. The molecule has 3 aromatic heterocycles. The summed E-state index contributed by atoms with van der Waals surface area (Å²) in [6.45, 7) is 1.27. The summed E-state index contributed by atoms with van der Waals surface area (Å²) in [4.78, 5) is 7.38. The maximum atomic E-state index is 5.56. The number of aromatic nitrogens is 4. The number of nitrogens with one attached hydrogen (secondary N) is 2. The molecule has 0 radical (unpaired) electrons. The monoisotopic (exact) mass is 256 g/mol. The summed E-state index contributed by atoms with van der Waals surface area (Å²) in [7, 11) is 0. The Morgan fingerprint density at radius 2 is 2.26 bits per heavy atom. The number of nitrogens with zero attached hydrogens (tertiary/aromatic N) is 3. The zero-order valence-corrected chi connectivity index (χ0v) is 10.5.